The van der Waals surface area contributed by atoms with E-state index in [1.165, 1.54) is 11.3 Å². The third-order valence-electron chi connectivity index (χ3n) is 3.13. The summed E-state index contributed by atoms with van der Waals surface area (Å²) in [7, 11) is 0. The van der Waals surface area contributed by atoms with E-state index >= 15 is 0 Å². The number of thiazole rings is 1. The maximum Gasteiger partial charge on any atom is 0.231 e. The van der Waals surface area contributed by atoms with Gasteiger partial charge in [-0.2, -0.15) is 0 Å². The Kier molecular flexibility index (Phi) is 2.58. The molecule has 20 heavy (non-hydrogen) atoms. The highest BCUT2D eigenvalue weighted by Crippen LogP contribution is 2.41. The van der Waals surface area contributed by atoms with Crippen LogP contribution in [0.2, 0.25) is 0 Å². The Labute approximate surface area is 125 Å². The van der Waals surface area contributed by atoms with Crippen molar-refractivity contribution in [1.29, 1.82) is 0 Å². The average Bonchev–Trinajstić information content (AvgIpc) is 3.10. The highest BCUT2D eigenvalue weighted by Gasteiger charge is 2.21. The number of carbonyl (C=O) groups is 1. The first kappa shape index (κ1) is 11.9. The van der Waals surface area contributed by atoms with E-state index in [0.29, 0.717) is 22.9 Å². The van der Waals surface area contributed by atoms with E-state index < -0.39 is 0 Å². The molecule has 3 heterocycles. The van der Waals surface area contributed by atoms with E-state index in [1.54, 1.807) is 4.40 Å². The van der Waals surface area contributed by atoms with E-state index in [-0.39, 0.29) is 6.79 Å². The standard InChI is InChI=1S/C13H7BrN2O3S/c14-8-4-11-10(18-6-19-11)3-7(8)12-9(5-17)16-1-2-20-13(16)15-12/h1-5H,6H2. The van der Waals surface area contributed by atoms with Crippen LogP contribution in [0.1, 0.15) is 10.5 Å². The van der Waals surface area contributed by atoms with Gasteiger partial charge in [0.05, 0.1) is 0 Å². The van der Waals surface area contributed by atoms with Gasteiger partial charge in [0, 0.05) is 21.6 Å². The van der Waals surface area contributed by atoms with Gasteiger partial charge in [0.25, 0.3) is 0 Å². The molecule has 3 aromatic rings. The smallest absolute Gasteiger partial charge is 0.231 e. The molecule has 0 saturated heterocycles. The normalized spacial score (nSPS) is 13.1. The molecule has 0 radical (unpaired) electrons. The number of ether oxygens (including phenoxy) is 2. The van der Waals surface area contributed by atoms with Crippen molar-refractivity contribution in [3.05, 3.63) is 33.9 Å². The van der Waals surface area contributed by atoms with Crippen molar-refractivity contribution >= 4 is 38.5 Å². The van der Waals surface area contributed by atoms with Crippen molar-refractivity contribution < 1.29 is 14.3 Å². The van der Waals surface area contributed by atoms with Gasteiger partial charge in [0.2, 0.25) is 6.79 Å². The number of imidazole rings is 1. The molecule has 0 N–H and O–H groups in total. The molecule has 2 aromatic heterocycles. The van der Waals surface area contributed by atoms with Crippen LogP contribution >= 0.6 is 27.3 Å². The Bertz CT molecular complexity index is 840. The number of halogens is 1. The maximum absolute atomic E-state index is 11.4. The van der Waals surface area contributed by atoms with Gasteiger partial charge in [0.15, 0.2) is 22.7 Å². The second-order valence-electron chi connectivity index (χ2n) is 4.20. The van der Waals surface area contributed by atoms with Crippen molar-refractivity contribution in [1.82, 2.24) is 9.38 Å². The first-order valence-electron chi connectivity index (χ1n) is 5.78. The second-order valence-corrected chi connectivity index (χ2v) is 5.93. The molecular formula is C13H7BrN2O3S. The molecule has 0 saturated carbocycles. The highest BCUT2D eigenvalue weighted by molar-refractivity contribution is 9.10. The average molecular weight is 351 g/mol. The van der Waals surface area contributed by atoms with Gasteiger partial charge in [0.1, 0.15) is 11.4 Å². The fraction of sp³-hybridized carbons (Fsp3) is 0.0769. The zero-order valence-electron chi connectivity index (χ0n) is 10.00. The highest BCUT2D eigenvalue weighted by atomic mass is 79.9. The zero-order chi connectivity index (χ0) is 13.7. The van der Waals surface area contributed by atoms with Crippen molar-refractivity contribution in [2.24, 2.45) is 0 Å². The van der Waals surface area contributed by atoms with Crippen LogP contribution in [0.5, 0.6) is 11.5 Å². The lowest BCUT2D eigenvalue weighted by molar-refractivity contribution is 0.111. The third kappa shape index (κ3) is 1.60. The topological polar surface area (TPSA) is 52.8 Å². The van der Waals surface area contributed by atoms with Crippen LogP contribution in [0.25, 0.3) is 16.2 Å². The number of hydrogen-bond acceptors (Lipinski definition) is 5. The summed E-state index contributed by atoms with van der Waals surface area (Å²) in [6, 6.07) is 3.67. The number of rotatable bonds is 2. The van der Waals surface area contributed by atoms with Crippen LogP contribution < -0.4 is 9.47 Å². The molecule has 7 heteroatoms. The first-order valence-corrected chi connectivity index (χ1v) is 7.45. The van der Waals surface area contributed by atoms with Crippen LogP contribution in [0.4, 0.5) is 0 Å². The van der Waals surface area contributed by atoms with E-state index in [0.717, 1.165) is 21.3 Å². The summed E-state index contributed by atoms with van der Waals surface area (Å²) in [5.74, 6) is 1.35. The van der Waals surface area contributed by atoms with Gasteiger partial charge in [-0.15, -0.1) is 11.3 Å². The van der Waals surface area contributed by atoms with Crippen LogP contribution in [0.15, 0.2) is 28.2 Å². The van der Waals surface area contributed by atoms with Crippen LogP contribution in [-0.4, -0.2) is 22.5 Å². The summed E-state index contributed by atoms with van der Waals surface area (Å²) in [6.07, 6.45) is 2.65. The Morgan fingerprint density at radius 2 is 2.15 bits per heavy atom. The fourth-order valence-electron chi connectivity index (χ4n) is 2.21. The minimum atomic E-state index is 0.212. The molecule has 0 unspecified atom stereocenters. The second kappa shape index (κ2) is 4.32. The summed E-state index contributed by atoms with van der Waals surface area (Å²) in [5.41, 5.74) is 1.98. The molecule has 1 aliphatic rings. The number of carbonyl (C=O) groups excluding carboxylic acids is 1. The Morgan fingerprint density at radius 3 is 2.95 bits per heavy atom. The molecule has 0 atom stereocenters. The zero-order valence-corrected chi connectivity index (χ0v) is 12.4. The number of fused-ring (bicyclic) bond motifs is 2. The summed E-state index contributed by atoms with van der Waals surface area (Å²) < 4.78 is 13.3. The van der Waals surface area contributed by atoms with E-state index in [1.807, 2.05) is 23.7 Å². The van der Waals surface area contributed by atoms with Gasteiger partial charge in [-0.05, 0) is 28.1 Å². The van der Waals surface area contributed by atoms with E-state index in [9.17, 15) is 4.79 Å². The van der Waals surface area contributed by atoms with E-state index in [4.69, 9.17) is 9.47 Å². The molecule has 4 rings (SSSR count). The molecule has 1 aromatic carbocycles. The minimum absolute atomic E-state index is 0.212. The lowest BCUT2D eigenvalue weighted by Gasteiger charge is -2.04. The Hall–Kier alpha value is -1.86. The lowest BCUT2D eigenvalue weighted by atomic mass is 10.1. The molecule has 0 spiro atoms. The SMILES string of the molecule is O=Cc1c(-c2cc3c(cc2Br)OCO3)nc2sccn12. The van der Waals surface area contributed by atoms with Gasteiger partial charge in [-0.1, -0.05) is 0 Å². The monoisotopic (exact) mass is 350 g/mol. The molecule has 5 nitrogen and oxygen atoms in total. The molecule has 0 fully saturated rings. The third-order valence-corrected chi connectivity index (χ3v) is 4.54. The number of hydrogen-bond donors (Lipinski definition) is 0. The number of aldehydes is 1. The molecule has 0 amide bonds. The number of aromatic nitrogens is 2. The van der Waals surface area contributed by atoms with Crippen LogP contribution in [-0.2, 0) is 0 Å². The molecule has 0 aliphatic carbocycles. The number of benzene rings is 1. The van der Waals surface area contributed by atoms with Crippen molar-refractivity contribution in [2.75, 3.05) is 6.79 Å². The Morgan fingerprint density at radius 1 is 1.35 bits per heavy atom. The molecule has 0 bridgehead atoms. The van der Waals surface area contributed by atoms with Crippen LogP contribution in [0, 0.1) is 0 Å². The van der Waals surface area contributed by atoms with Gasteiger partial charge in [-0.25, -0.2) is 4.98 Å². The van der Waals surface area contributed by atoms with Crippen molar-refractivity contribution in [3.8, 4) is 22.8 Å². The number of nitrogens with zero attached hydrogens (tertiary/aromatic N) is 2. The van der Waals surface area contributed by atoms with Gasteiger partial charge < -0.3 is 9.47 Å². The summed E-state index contributed by atoms with van der Waals surface area (Å²) >= 11 is 4.98. The first-order chi connectivity index (χ1) is 9.78. The van der Waals surface area contributed by atoms with Crippen LogP contribution in [0.3, 0.4) is 0 Å². The van der Waals surface area contributed by atoms with Crippen molar-refractivity contribution in [2.45, 2.75) is 0 Å². The van der Waals surface area contributed by atoms with E-state index in [2.05, 4.69) is 20.9 Å². The maximum atomic E-state index is 11.4. The fourth-order valence-corrected chi connectivity index (χ4v) is 3.44. The summed E-state index contributed by atoms with van der Waals surface area (Å²) in [6.45, 7) is 0.212. The summed E-state index contributed by atoms with van der Waals surface area (Å²) in [4.78, 5) is 16.7. The molecule has 100 valence electrons. The molecular weight excluding hydrogens is 344 g/mol. The predicted octanol–water partition coefficient (Wildman–Crippen LogP) is 3.37. The predicted molar refractivity (Wildman–Crippen MR) is 77.7 cm³/mol. The summed E-state index contributed by atoms with van der Waals surface area (Å²) in [5, 5.41) is 1.90. The minimum Gasteiger partial charge on any atom is -0.454 e. The quantitative estimate of drug-likeness (QED) is 0.665. The molecule has 1 aliphatic heterocycles. The lowest BCUT2D eigenvalue weighted by Crippen LogP contribution is -1.93. The Balaban J connectivity index is 1.99. The van der Waals surface area contributed by atoms with Crippen molar-refractivity contribution in [3.63, 3.8) is 0 Å². The van der Waals surface area contributed by atoms with Gasteiger partial charge >= 0.3 is 0 Å². The largest absolute Gasteiger partial charge is 0.454 e. The van der Waals surface area contributed by atoms with Gasteiger partial charge in [-0.3, -0.25) is 9.20 Å².